The quantitative estimate of drug-likeness (QED) is 0.804. The summed E-state index contributed by atoms with van der Waals surface area (Å²) >= 11 is 0. The van der Waals surface area contributed by atoms with Crippen molar-refractivity contribution in [1.82, 2.24) is 4.90 Å². The van der Waals surface area contributed by atoms with E-state index in [1.165, 1.54) is 55.5 Å². The second-order valence-electron chi connectivity index (χ2n) is 8.07. The third-order valence-electron chi connectivity index (χ3n) is 6.25. The summed E-state index contributed by atoms with van der Waals surface area (Å²) in [6.45, 7) is 2.79. The van der Waals surface area contributed by atoms with Crippen molar-refractivity contribution < 1.29 is 14.7 Å². The van der Waals surface area contributed by atoms with Crippen molar-refractivity contribution in [2.45, 2.75) is 38.0 Å². The zero-order chi connectivity index (χ0) is 20.2. The Labute approximate surface area is 171 Å². The van der Waals surface area contributed by atoms with Crippen molar-refractivity contribution in [2.75, 3.05) is 31.1 Å². The van der Waals surface area contributed by atoms with Crippen LogP contribution in [0.15, 0.2) is 48.5 Å². The van der Waals surface area contributed by atoms with E-state index < -0.39 is 5.97 Å². The Morgan fingerprint density at radius 1 is 0.828 bits per heavy atom. The number of aromatic carboxylic acids is 1. The van der Waals surface area contributed by atoms with Gasteiger partial charge in [-0.2, -0.15) is 0 Å². The van der Waals surface area contributed by atoms with E-state index in [4.69, 9.17) is 0 Å². The monoisotopic (exact) mass is 391 g/mol. The Bertz CT molecular complexity index is 864. The molecule has 2 aromatic rings. The van der Waals surface area contributed by atoms with Crippen LogP contribution in [0.4, 0.5) is 5.69 Å². The Hall–Kier alpha value is -2.82. The normalized spacial score (nSPS) is 17.9. The van der Waals surface area contributed by atoms with Gasteiger partial charge in [0.05, 0.1) is 5.97 Å². The molecule has 0 atom stereocenters. The zero-order valence-corrected chi connectivity index (χ0v) is 16.7. The van der Waals surface area contributed by atoms with Crippen LogP contribution in [0.3, 0.4) is 0 Å². The number of hydrogen-bond donors (Lipinski definition) is 0. The number of benzene rings is 2. The van der Waals surface area contributed by atoms with Gasteiger partial charge < -0.3 is 19.7 Å². The first-order valence-corrected chi connectivity index (χ1v) is 10.6. The minimum absolute atomic E-state index is 0.0348. The highest BCUT2D eigenvalue weighted by Gasteiger charge is 2.23. The third kappa shape index (κ3) is 4.44. The molecule has 29 heavy (non-hydrogen) atoms. The maximum absolute atomic E-state index is 12.7. The number of carboxylic acids is 1. The van der Waals surface area contributed by atoms with Crippen LogP contribution < -0.4 is 10.0 Å². The Morgan fingerprint density at radius 3 is 2.14 bits per heavy atom. The number of hydrogen-bond acceptors (Lipinski definition) is 4. The molecule has 2 aliphatic rings. The van der Waals surface area contributed by atoms with Crippen LogP contribution >= 0.6 is 0 Å². The fourth-order valence-electron chi connectivity index (χ4n) is 4.52. The molecule has 1 saturated heterocycles. The van der Waals surface area contributed by atoms with Crippen LogP contribution in [-0.2, 0) is 0 Å². The van der Waals surface area contributed by atoms with Crippen molar-refractivity contribution >= 4 is 17.6 Å². The molecule has 5 nitrogen and oxygen atoms in total. The van der Waals surface area contributed by atoms with Crippen molar-refractivity contribution in [3.63, 3.8) is 0 Å². The molecule has 1 amide bonds. The predicted octanol–water partition coefficient (Wildman–Crippen LogP) is 3.06. The topological polar surface area (TPSA) is 63.7 Å². The minimum Gasteiger partial charge on any atom is -0.545 e. The number of nitrogens with zero attached hydrogens (tertiary/aromatic N) is 2. The predicted molar refractivity (Wildman–Crippen MR) is 111 cm³/mol. The Balaban J connectivity index is 1.36. The number of carbonyl (C=O) groups is 2. The van der Waals surface area contributed by atoms with Gasteiger partial charge in [-0.1, -0.05) is 43.5 Å². The van der Waals surface area contributed by atoms with Crippen LogP contribution in [0.2, 0.25) is 0 Å². The molecule has 5 heteroatoms. The number of carboxylic acid groups (broad SMARTS) is 1. The lowest BCUT2D eigenvalue weighted by molar-refractivity contribution is -0.255. The molecule has 0 radical (unpaired) electrons. The summed E-state index contributed by atoms with van der Waals surface area (Å²) in [7, 11) is 0. The third-order valence-corrected chi connectivity index (χ3v) is 6.25. The highest BCUT2D eigenvalue weighted by atomic mass is 16.4. The average Bonchev–Trinajstić information content (AvgIpc) is 2.79. The molecule has 0 spiro atoms. The number of carbonyl (C=O) groups excluding carboxylic acids is 2. The van der Waals surface area contributed by atoms with Crippen molar-refractivity contribution in [3.8, 4) is 0 Å². The lowest BCUT2D eigenvalue weighted by atomic mass is 9.84. The highest BCUT2D eigenvalue weighted by Crippen LogP contribution is 2.33. The summed E-state index contributed by atoms with van der Waals surface area (Å²) in [6, 6.07) is 15.1. The fraction of sp³-hybridized carbons (Fsp3) is 0.417. The number of piperazine rings is 1. The average molecular weight is 391 g/mol. The summed E-state index contributed by atoms with van der Waals surface area (Å²) in [4.78, 5) is 27.9. The summed E-state index contributed by atoms with van der Waals surface area (Å²) in [6.07, 6.45) is 6.66. The first-order chi connectivity index (χ1) is 14.1. The summed E-state index contributed by atoms with van der Waals surface area (Å²) in [5, 5.41) is 11.0. The first kappa shape index (κ1) is 19.5. The van der Waals surface area contributed by atoms with E-state index in [2.05, 4.69) is 29.2 Å². The van der Waals surface area contributed by atoms with Crippen LogP contribution in [-0.4, -0.2) is 43.0 Å². The summed E-state index contributed by atoms with van der Waals surface area (Å²) < 4.78 is 0. The summed E-state index contributed by atoms with van der Waals surface area (Å²) in [5.41, 5.74) is 3.09. The molecule has 1 aliphatic heterocycles. The molecule has 0 N–H and O–H groups in total. The van der Waals surface area contributed by atoms with Gasteiger partial charge in [0, 0.05) is 37.4 Å². The molecule has 1 heterocycles. The standard InChI is InChI=1S/C24H28N2O3/c27-23(20-7-4-8-21(17-20)24(28)29)26-15-13-25(14-16-26)22-11-9-19(10-12-22)18-5-2-1-3-6-18/h4,7-12,17-18H,1-3,5-6,13-16H2,(H,28,29)/p-1. The van der Waals surface area contributed by atoms with E-state index in [1.807, 2.05) is 0 Å². The molecule has 4 rings (SSSR count). The van der Waals surface area contributed by atoms with Gasteiger partial charge in [-0.25, -0.2) is 0 Å². The molecule has 2 fully saturated rings. The second-order valence-corrected chi connectivity index (χ2v) is 8.07. The fourth-order valence-corrected chi connectivity index (χ4v) is 4.52. The number of rotatable bonds is 4. The SMILES string of the molecule is O=C([O-])c1cccc(C(=O)N2CCN(c3ccc(C4CCCCC4)cc3)CC2)c1. The van der Waals surface area contributed by atoms with Gasteiger partial charge in [0.2, 0.25) is 0 Å². The van der Waals surface area contributed by atoms with Crippen molar-refractivity contribution in [3.05, 3.63) is 65.2 Å². The highest BCUT2D eigenvalue weighted by molar-refractivity contribution is 5.97. The van der Waals surface area contributed by atoms with Gasteiger partial charge in [0.15, 0.2) is 0 Å². The maximum atomic E-state index is 12.7. The molecule has 0 aromatic heterocycles. The van der Waals surface area contributed by atoms with E-state index in [9.17, 15) is 14.7 Å². The lowest BCUT2D eigenvalue weighted by Crippen LogP contribution is -2.48. The van der Waals surface area contributed by atoms with E-state index in [0.29, 0.717) is 24.6 Å². The molecule has 2 aromatic carbocycles. The van der Waals surface area contributed by atoms with Crippen molar-refractivity contribution in [2.24, 2.45) is 0 Å². The molecule has 0 unspecified atom stereocenters. The van der Waals surface area contributed by atoms with Crippen LogP contribution in [0.1, 0.15) is 64.3 Å². The minimum atomic E-state index is -1.26. The molecule has 0 bridgehead atoms. The van der Waals surface area contributed by atoms with E-state index in [1.54, 1.807) is 17.0 Å². The van der Waals surface area contributed by atoms with Gasteiger partial charge in [0.25, 0.3) is 5.91 Å². The maximum Gasteiger partial charge on any atom is 0.253 e. The van der Waals surface area contributed by atoms with Gasteiger partial charge in [0.1, 0.15) is 0 Å². The number of anilines is 1. The smallest absolute Gasteiger partial charge is 0.253 e. The second kappa shape index (κ2) is 8.68. The van der Waals surface area contributed by atoms with Gasteiger partial charge in [-0.05, 0) is 54.2 Å². The van der Waals surface area contributed by atoms with Crippen LogP contribution in [0.5, 0.6) is 0 Å². The lowest BCUT2D eigenvalue weighted by Gasteiger charge is -2.36. The van der Waals surface area contributed by atoms with E-state index in [-0.39, 0.29) is 11.5 Å². The Kier molecular flexibility index (Phi) is 5.84. The molecule has 1 saturated carbocycles. The Morgan fingerprint density at radius 2 is 1.48 bits per heavy atom. The van der Waals surface area contributed by atoms with Gasteiger partial charge >= 0.3 is 0 Å². The first-order valence-electron chi connectivity index (χ1n) is 10.6. The summed E-state index contributed by atoms with van der Waals surface area (Å²) in [5.74, 6) is -0.675. The largest absolute Gasteiger partial charge is 0.545 e. The molecule has 152 valence electrons. The van der Waals surface area contributed by atoms with Crippen LogP contribution in [0, 0.1) is 0 Å². The molecular weight excluding hydrogens is 364 g/mol. The van der Waals surface area contributed by atoms with Gasteiger partial charge in [-0.3, -0.25) is 4.79 Å². The molecular formula is C24H27N2O3-. The van der Waals surface area contributed by atoms with Gasteiger partial charge in [-0.15, -0.1) is 0 Å². The molecule has 1 aliphatic carbocycles. The zero-order valence-electron chi connectivity index (χ0n) is 16.7. The van der Waals surface area contributed by atoms with E-state index in [0.717, 1.165) is 13.1 Å². The number of amides is 1. The van der Waals surface area contributed by atoms with Crippen molar-refractivity contribution in [1.29, 1.82) is 0 Å². The van der Waals surface area contributed by atoms with E-state index >= 15 is 0 Å². The van der Waals surface area contributed by atoms with Crippen LogP contribution in [0.25, 0.3) is 0 Å².